The molecule has 0 saturated carbocycles. The summed E-state index contributed by atoms with van der Waals surface area (Å²) in [7, 11) is 1.30. The molecular weight excluding hydrogens is 294 g/mol. The summed E-state index contributed by atoms with van der Waals surface area (Å²) >= 11 is 2.94. The minimum Gasteiger partial charge on any atom is -0.464 e. The first-order valence-corrected chi connectivity index (χ1v) is 7.22. The second kappa shape index (κ2) is 12.2. The van der Waals surface area contributed by atoms with Crippen molar-refractivity contribution in [2.45, 2.75) is 20.8 Å². The van der Waals surface area contributed by atoms with E-state index in [0.717, 1.165) is 5.56 Å². The highest BCUT2D eigenvalue weighted by atomic mass is 79.9. The van der Waals surface area contributed by atoms with Gasteiger partial charge in [0.25, 0.3) is 0 Å². The molecule has 0 unspecified atom stereocenters. The van der Waals surface area contributed by atoms with Crippen molar-refractivity contribution in [1.82, 2.24) is 0 Å². The van der Waals surface area contributed by atoms with Gasteiger partial charge in [-0.15, -0.1) is 0 Å². The second-order valence-corrected chi connectivity index (χ2v) is 3.00. The quantitative estimate of drug-likeness (QED) is 0.516. The lowest BCUT2D eigenvalue weighted by Gasteiger charge is -1.99. The van der Waals surface area contributed by atoms with Crippen LogP contribution in [0.15, 0.2) is 30.0 Å². The number of carbonyl (C=O) groups excluding carboxylic acids is 1. The predicted molar refractivity (Wildman–Crippen MR) is 81.6 cm³/mol. The Hall–Kier alpha value is -1.29. The first-order chi connectivity index (χ1) is 8.63. The number of alkyl halides is 1. The highest BCUT2D eigenvalue weighted by Gasteiger charge is 2.03. The third-order valence-electron chi connectivity index (χ3n) is 1.82. The van der Waals surface area contributed by atoms with Crippen molar-refractivity contribution < 1.29 is 9.53 Å². The van der Waals surface area contributed by atoms with Gasteiger partial charge in [-0.25, -0.2) is 4.79 Å². The summed E-state index contributed by atoms with van der Waals surface area (Å²) < 4.78 is 4.48. The van der Waals surface area contributed by atoms with Gasteiger partial charge >= 0.3 is 5.97 Å². The topological polar surface area (TPSA) is 52.3 Å². The Morgan fingerprint density at radius 1 is 1.22 bits per heavy atom. The fraction of sp³-hybridized carbons (Fsp3) is 0.357. The van der Waals surface area contributed by atoms with E-state index in [9.17, 15) is 4.79 Å². The lowest BCUT2D eigenvalue weighted by molar-refractivity contribution is -0.136. The summed E-state index contributed by atoms with van der Waals surface area (Å²) in [5.41, 5.74) is 7.65. The van der Waals surface area contributed by atoms with Crippen LogP contribution >= 0.6 is 15.9 Å². The van der Waals surface area contributed by atoms with Crippen molar-refractivity contribution in [3.8, 4) is 0 Å². The number of rotatable bonds is 2. The van der Waals surface area contributed by atoms with Crippen LogP contribution in [0, 0.1) is 6.92 Å². The fourth-order valence-electron chi connectivity index (χ4n) is 1.02. The highest BCUT2D eigenvalue weighted by Crippen LogP contribution is 2.06. The van der Waals surface area contributed by atoms with E-state index in [-0.39, 0.29) is 5.70 Å². The minimum atomic E-state index is -0.509. The number of aryl methyl sites for hydroxylation is 1. The van der Waals surface area contributed by atoms with Crippen LogP contribution < -0.4 is 5.73 Å². The van der Waals surface area contributed by atoms with Gasteiger partial charge in [-0.1, -0.05) is 59.6 Å². The molecule has 0 aliphatic rings. The smallest absolute Gasteiger partial charge is 0.353 e. The Morgan fingerprint density at radius 2 is 1.67 bits per heavy atom. The molecule has 1 aromatic carbocycles. The summed E-state index contributed by atoms with van der Waals surface area (Å²) in [6, 6.07) is 7.70. The standard InChI is InChI=1S/C11H13NO2.C2H6.CH3Br/c1-8-3-5-9(6-4-8)7-10(12)11(13)14-2;2*1-2/h3-7H,12H2,1-2H3;1-2H3;1H3/b10-7-;;. The molecule has 0 fully saturated rings. The fourth-order valence-corrected chi connectivity index (χ4v) is 1.02. The number of esters is 1. The summed E-state index contributed by atoms with van der Waals surface area (Å²) in [4.78, 5) is 11.0. The van der Waals surface area contributed by atoms with Crippen LogP contribution in [0.5, 0.6) is 0 Å². The van der Waals surface area contributed by atoms with E-state index in [4.69, 9.17) is 5.73 Å². The van der Waals surface area contributed by atoms with Crippen LogP contribution in [0.2, 0.25) is 0 Å². The highest BCUT2D eigenvalue weighted by molar-refractivity contribution is 9.08. The third kappa shape index (κ3) is 7.90. The number of nitrogens with two attached hydrogens (primary N) is 1. The van der Waals surface area contributed by atoms with Crippen LogP contribution in [-0.4, -0.2) is 18.9 Å². The van der Waals surface area contributed by atoms with Gasteiger partial charge in [-0.3, -0.25) is 0 Å². The van der Waals surface area contributed by atoms with E-state index in [2.05, 4.69) is 20.7 Å². The average Bonchev–Trinajstić information content (AvgIpc) is 2.44. The number of hydrogen-bond donors (Lipinski definition) is 1. The van der Waals surface area contributed by atoms with E-state index in [1.165, 1.54) is 12.7 Å². The minimum absolute atomic E-state index is 0.108. The Morgan fingerprint density at radius 3 is 2.06 bits per heavy atom. The molecule has 0 heterocycles. The zero-order valence-corrected chi connectivity index (χ0v) is 13.2. The van der Waals surface area contributed by atoms with Crippen molar-refractivity contribution in [2.24, 2.45) is 5.73 Å². The molecule has 18 heavy (non-hydrogen) atoms. The molecule has 1 aromatic rings. The molecule has 102 valence electrons. The maximum absolute atomic E-state index is 11.0. The summed E-state index contributed by atoms with van der Waals surface area (Å²) in [5.74, 6) is 1.30. The van der Waals surface area contributed by atoms with Crippen LogP contribution in [0.1, 0.15) is 25.0 Å². The van der Waals surface area contributed by atoms with Crippen molar-refractivity contribution in [3.63, 3.8) is 0 Å². The molecule has 0 amide bonds. The lowest BCUT2D eigenvalue weighted by Crippen LogP contribution is -2.12. The zero-order chi connectivity index (χ0) is 14.6. The largest absolute Gasteiger partial charge is 0.464 e. The molecule has 1 rings (SSSR count). The number of hydrogen-bond acceptors (Lipinski definition) is 3. The molecule has 0 radical (unpaired) electrons. The molecule has 3 nitrogen and oxygen atoms in total. The third-order valence-corrected chi connectivity index (χ3v) is 1.82. The van der Waals surface area contributed by atoms with Crippen LogP contribution in [-0.2, 0) is 9.53 Å². The van der Waals surface area contributed by atoms with E-state index in [1.807, 2.05) is 50.9 Å². The second-order valence-electron chi connectivity index (χ2n) is 3.00. The van der Waals surface area contributed by atoms with Crippen molar-refractivity contribution in [3.05, 3.63) is 41.1 Å². The first-order valence-electron chi connectivity index (χ1n) is 5.63. The van der Waals surface area contributed by atoms with Crippen molar-refractivity contribution in [2.75, 3.05) is 12.9 Å². The molecule has 4 heteroatoms. The Balaban J connectivity index is 0. The number of ether oxygens (including phenoxy) is 1. The average molecular weight is 316 g/mol. The predicted octanol–water partition coefficient (Wildman–Crippen LogP) is 3.50. The normalized spacial score (nSPS) is 9.33. The molecule has 0 aliphatic heterocycles. The van der Waals surface area contributed by atoms with Crippen molar-refractivity contribution >= 4 is 28.0 Å². The summed E-state index contributed by atoms with van der Waals surface area (Å²) in [6.07, 6.45) is 1.59. The number of carbonyl (C=O) groups is 1. The maximum atomic E-state index is 11.0. The van der Waals surface area contributed by atoms with Gasteiger partial charge in [0.05, 0.1) is 7.11 Å². The van der Waals surface area contributed by atoms with Crippen LogP contribution in [0.4, 0.5) is 0 Å². The monoisotopic (exact) mass is 315 g/mol. The molecule has 2 N–H and O–H groups in total. The SMILES string of the molecule is CBr.CC.COC(=O)/C(N)=C/c1ccc(C)cc1. The van der Waals surface area contributed by atoms with Crippen molar-refractivity contribution in [1.29, 1.82) is 0 Å². The number of halogens is 1. The molecule has 0 saturated heterocycles. The van der Waals surface area contributed by atoms with Gasteiger partial charge in [-0.05, 0) is 24.4 Å². The first kappa shape index (κ1) is 19.1. The van der Waals surface area contributed by atoms with Crippen LogP contribution in [0.25, 0.3) is 6.08 Å². The molecular formula is C14H22BrNO2. The van der Waals surface area contributed by atoms with Gasteiger partial charge in [0, 0.05) is 0 Å². The molecule has 0 aliphatic carbocycles. The molecule has 0 atom stereocenters. The Bertz CT molecular complexity index is 359. The van der Waals surface area contributed by atoms with E-state index >= 15 is 0 Å². The Labute approximate surface area is 118 Å². The Kier molecular flexibility index (Phi) is 12.9. The number of methoxy groups -OCH3 is 1. The summed E-state index contributed by atoms with van der Waals surface area (Å²) in [6.45, 7) is 6.00. The van der Waals surface area contributed by atoms with Gasteiger partial charge in [0.15, 0.2) is 0 Å². The number of benzene rings is 1. The van der Waals surface area contributed by atoms with Gasteiger partial charge in [-0.2, -0.15) is 0 Å². The van der Waals surface area contributed by atoms with E-state index < -0.39 is 5.97 Å². The van der Waals surface area contributed by atoms with Gasteiger partial charge in [0.1, 0.15) is 5.70 Å². The zero-order valence-electron chi connectivity index (χ0n) is 11.7. The van der Waals surface area contributed by atoms with E-state index in [0.29, 0.717) is 0 Å². The maximum Gasteiger partial charge on any atom is 0.353 e. The van der Waals surface area contributed by atoms with Gasteiger partial charge in [0.2, 0.25) is 0 Å². The lowest BCUT2D eigenvalue weighted by atomic mass is 10.1. The molecule has 0 spiro atoms. The molecule has 0 bridgehead atoms. The summed E-state index contributed by atoms with van der Waals surface area (Å²) in [5, 5.41) is 0. The van der Waals surface area contributed by atoms with E-state index in [1.54, 1.807) is 6.08 Å². The van der Waals surface area contributed by atoms with Gasteiger partial charge < -0.3 is 10.5 Å². The molecule has 0 aromatic heterocycles. The van der Waals surface area contributed by atoms with Crippen LogP contribution in [0.3, 0.4) is 0 Å².